The molecule has 2 aromatic rings. The van der Waals surface area contributed by atoms with Crippen molar-refractivity contribution in [2.45, 2.75) is 25.1 Å². The predicted molar refractivity (Wildman–Crippen MR) is 102 cm³/mol. The highest BCUT2D eigenvalue weighted by molar-refractivity contribution is 5.75. The molecule has 2 aliphatic rings. The van der Waals surface area contributed by atoms with Crippen LogP contribution in [0.4, 0.5) is 13.6 Å². The number of carbonyl (C=O) groups is 1. The summed E-state index contributed by atoms with van der Waals surface area (Å²) in [4.78, 5) is 14.3. The SMILES string of the molecule is COc1ccc(C2=CC3COCC(C2)N3C(=O)OCc2ccccc2)c(F)c1F. The number of hydrogen-bond donors (Lipinski definition) is 0. The van der Waals surface area contributed by atoms with Crippen LogP contribution >= 0.6 is 0 Å². The van der Waals surface area contributed by atoms with E-state index in [9.17, 15) is 13.6 Å². The standard InChI is InChI=1S/C22H21F2NO4/c1-27-19-8-7-18(20(23)21(19)24)15-9-16-12-28-13-17(10-15)25(16)22(26)29-11-14-5-3-2-4-6-14/h2-9,16-17H,10-13H2,1H3. The molecule has 2 aromatic carbocycles. The number of carbonyl (C=O) groups excluding carboxylic acids is 1. The summed E-state index contributed by atoms with van der Waals surface area (Å²) in [7, 11) is 1.29. The van der Waals surface area contributed by atoms with E-state index >= 15 is 0 Å². The van der Waals surface area contributed by atoms with Gasteiger partial charge in [-0.3, -0.25) is 4.90 Å². The first kappa shape index (κ1) is 19.4. The molecule has 0 saturated carbocycles. The molecule has 2 bridgehead atoms. The Kier molecular flexibility index (Phi) is 5.49. The van der Waals surface area contributed by atoms with Crippen LogP contribution in [0.25, 0.3) is 5.57 Å². The van der Waals surface area contributed by atoms with Crippen molar-refractivity contribution in [3.8, 4) is 5.75 Å². The molecule has 0 aliphatic carbocycles. The summed E-state index contributed by atoms with van der Waals surface area (Å²) in [5.74, 6) is -2.11. The van der Waals surface area contributed by atoms with Crippen LogP contribution in [0.15, 0.2) is 48.5 Å². The molecule has 29 heavy (non-hydrogen) atoms. The van der Waals surface area contributed by atoms with Gasteiger partial charge in [0, 0.05) is 5.56 Å². The number of nitrogens with zero attached hydrogens (tertiary/aromatic N) is 1. The van der Waals surface area contributed by atoms with Gasteiger partial charge in [-0.25, -0.2) is 9.18 Å². The summed E-state index contributed by atoms with van der Waals surface area (Å²) in [6, 6.07) is 11.6. The molecule has 5 nitrogen and oxygen atoms in total. The van der Waals surface area contributed by atoms with Crippen molar-refractivity contribution >= 4 is 11.7 Å². The zero-order valence-electron chi connectivity index (χ0n) is 15.9. The molecule has 0 radical (unpaired) electrons. The molecule has 1 saturated heterocycles. The Morgan fingerprint density at radius 3 is 2.66 bits per heavy atom. The second kappa shape index (κ2) is 8.21. The van der Waals surface area contributed by atoms with Crippen LogP contribution in [0.1, 0.15) is 17.5 Å². The van der Waals surface area contributed by atoms with E-state index in [0.29, 0.717) is 18.6 Å². The van der Waals surface area contributed by atoms with Crippen LogP contribution < -0.4 is 4.74 Å². The van der Waals surface area contributed by atoms with Gasteiger partial charge in [0.25, 0.3) is 0 Å². The first-order valence-electron chi connectivity index (χ1n) is 9.38. The van der Waals surface area contributed by atoms with Gasteiger partial charge in [0.15, 0.2) is 11.6 Å². The van der Waals surface area contributed by atoms with Gasteiger partial charge >= 0.3 is 6.09 Å². The van der Waals surface area contributed by atoms with E-state index in [-0.39, 0.29) is 30.6 Å². The van der Waals surface area contributed by atoms with Gasteiger partial charge in [-0.1, -0.05) is 36.4 Å². The molecule has 1 fully saturated rings. The third kappa shape index (κ3) is 3.82. The van der Waals surface area contributed by atoms with Crippen LogP contribution in [0, 0.1) is 11.6 Å². The Labute approximate surface area is 167 Å². The minimum atomic E-state index is -1.02. The van der Waals surface area contributed by atoms with Gasteiger partial charge in [0.1, 0.15) is 6.61 Å². The fourth-order valence-electron chi connectivity index (χ4n) is 3.81. The lowest BCUT2D eigenvalue weighted by Gasteiger charge is -2.43. The van der Waals surface area contributed by atoms with Crippen LogP contribution in [-0.4, -0.2) is 43.4 Å². The summed E-state index contributed by atoms with van der Waals surface area (Å²) >= 11 is 0. The molecule has 0 aromatic heterocycles. The average Bonchev–Trinajstić information content (AvgIpc) is 2.74. The molecule has 2 atom stereocenters. The molecule has 2 unspecified atom stereocenters. The van der Waals surface area contributed by atoms with E-state index in [0.717, 1.165) is 5.56 Å². The monoisotopic (exact) mass is 401 g/mol. The number of rotatable bonds is 4. The minimum Gasteiger partial charge on any atom is -0.494 e. The Bertz CT molecular complexity index is 932. The molecule has 2 aliphatic heterocycles. The Morgan fingerprint density at radius 1 is 1.14 bits per heavy atom. The number of amides is 1. The van der Waals surface area contributed by atoms with Gasteiger partial charge < -0.3 is 14.2 Å². The van der Waals surface area contributed by atoms with E-state index in [2.05, 4.69) is 0 Å². The molecule has 7 heteroatoms. The van der Waals surface area contributed by atoms with Crippen LogP contribution in [0.2, 0.25) is 0 Å². The second-order valence-electron chi connectivity index (χ2n) is 7.05. The van der Waals surface area contributed by atoms with Gasteiger partial charge in [-0.2, -0.15) is 4.39 Å². The van der Waals surface area contributed by atoms with Crippen molar-refractivity contribution in [2.75, 3.05) is 20.3 Å². The number of morpholine rings is 1. The maximum atomic E-state index is 14.5. The smallest absolute Gasteiger partial charge is 0.411 e. The molecule has 0 spiro atoms. The maximum absolute atomic E-state index is 14.5. The van der Waals surface area contributed by atoms with E-state index < -0.39 is 23.8 Å². The summed E-state index contributed by atoms with van der Waals surface area (Å²) in [5, 5.41) is 0. The number of halogens is 2. The largest absolute Gasteiger partial charge is 0.494 e. The molecule has 4 rings (SSSR count). The minimum absolute atomic E-state index is 0.141. The van der Waals surface area contributed by atoms with Crippen molar-refractivity contribution in [1.82, 2.24) is 4.90 Å². The molecule has 1 amide bonds. The van der Waals surface area contributed by atoms with Crippen LogP contribution in [0.3, 0.4) is 0 Å². The quantitative estimate of drug-likeness (QED) is 0.772. The first-order valence-corrected chi connectivity index (χ1v) is 9.38. The van der Waals surface area contributed by atoms with Crippen LogP contribution in [0.5, 0.6) is 5.75 Å². The fraction of sp³-hybridized carbons (Fsp3) is 0.318. The summed E-state index contributed by atoms with van der Waals surface area (Å²) < 4.78 is 44.6. The second-order valence-corrected chi connectivity index (χ2v) is 7.05. The molecular formula is C22H21F2NO4. The Hall–Kier alpha value is -2.93. The van der Waals surface area contributed by atoms with Crippen molar-refractivity contribution in [2.24, 2.45) is 0 Å². The number of hydrogen-bond acceptors (Lipinski definition) is 4. The Balaban J connectivity index is 1.54. The number of ether oxygens (including phenoxy) is 3. The number of fused-ring (bicyclic) bond motifs is 2. The lowest BCUT2D eigenvalue weighted by molar-refractivity contribution is -0.0342. The summed E-state index contributed by atoms with van der Waals surface area (Å²) in [5.41, 5.74) is 1.72. The van der Waals surface area contributed by atoms with E-state index in [1.54, 1.807) is 11.0 Å². The van der Waals surface area contributed by atoms with Gasteiger partial charge in [0.2, 0.25) is 5.82 Å². The zero-order chi connectivity index (χ0) is 20.4. The first-order chi connectivity index (χ1) is 14.1. The predicted octanol–water partition coefficient (Wildman–Crippen LogP) is 4.17. The van der Waals surface area contributed by atoms with Crippen molar-refractivity contribution in [3.05, 3.63) is 71.3 Å². The molecule has 0 N–H and O–H groups in total. The lowest BCUT2D eigenvalue weighted by Crippen LogP contribution is -2.56. The normalized spacial score (nSPS) is 20.8. The van der Waals surface area contributed by atoms with E-state index in [1.807, 2.05) is 30.3 Å². The van der Waals surface area contributed by atoms with Crippen LogP contribution in [-0.2, 0) is 16.1 Å². The number of methoxy groups -OCH3 is 1. The van der Waals surface area contributed by atoms with Crippen molar-refractivity contribution in [1.29, 1.82) is 0 Å². The van der Waals surface area contributed by atoms with Crippen molar-refractivity contribution < 1.29 is 27.8 Å². The molecular weight excluding hydrogens is 380 g/mol. The average molecular weight is 401 g/mol. The fourth-order valence-corrected chi connectivity index (χ4v) is 3.81. The molecule has 2 heterocycles. The van der Waals surface area contributed by atoms with Gasteiger partial charge in [-0.05, 0) is 29.7 Å². The van der Waals surface area contributed by atoms with E-state index in [1.165, 1.54) is 19.2 Å². The zero-order valence-corrected chi connectivity index (χ0v) is 15.9. The maximum Gasteiger partial charge on any atom is 0.411 e. The van der Waals surface area contributed by atoms with Crippen molar-refractivity contribution in [3.63, 3.8) is 0 Å². The van der Waals surface area contributed by atoms with Gasteiger partial charge in [-0.15, -0.1) is 0 Å². The topological polar surface area (TPSA) is 48.0 Å². The lowest BCUT2D eigenvalue weighted by atomic mass is 9.89. The Morgan fingerprint density at radius 2 is 1.93 bits per heavy atom. The third-order valence-corrected chi connectivity index (χ3v) is 5.23. The summed E-state index contributed by atoms with van der Waals surface area (Å²) in [6.45, 7) is 0.764. The number of benzene rings is 2. The highest BCUT2D eigenvalue weighted by Gasteiger charge is 2.39. The summed E-state index contributed by atoms with van der Waals surface area (Å²) in [6.07, 6.45) is 1.66. The molecule has 152 valence electrons. The third-order valence-electron chi connectivity index (χ3n) is 5.23. The van der Waals surface area contributed by atoms with E-state index in [4.69, 9.17) is 14.2 Å². The highest BCUT2D eigenvalue weighted by Crippen LogP contribution is 2.36. The highest BCUT2D eigenvalue weighted by atomic mass is 19.2. The van der Waals surface area contributed by atoms with Gasteiger partial charge in [0.05, 0.1) is 32.4 Å².